The molecule has 0 fully saturated rings. The van der Waals surface area contributed by atoms with Crippen molar-refractivity contribution in [3.05, 3.63) is 0 Å². The standard InChI is InChI=1S/C27H57NO2/c1-4-7-9-11-13-15-17-19-21-23-26-29-28(25-6-3)30-27-24-22-20-18-16-14-12-10-8-5-2/h4-27H2,1-3H3. The average Bonchev–Trinajstić information content (AvgIpc) is 2.75. The molecule has 0 amide bonds. The van der Waals surface area contributed by atoms with Crippen molar-refractivity contribution in [3.8, 4) is 0 Å². The quantitative estimate of drug-likeness (QED) is 0.101. The van der Waals surface area contributed by atoms with Crippen LogP contribution in [0.3, 0.4) is 0 Å². The van der Waals surface area contributed by atoms with Gasteiger partial charge in [0.1, 0.15) is 0 Å². The second-order valence-corrected chi connectivity index (χ2v) is 9.09. The van der Waals surface area contributed by atoms with Gasteiger partial charge >= 0.3 is 0 Å². The Morgan fingerprint density at radius 1 is 0.367 bits per heavy atom. The predicted octanol–water partition coefficient (Wildman–Crippen LogP) is 9.40. The fraction of sp³-hybridized carbons (Fsp3) is 1.00. The molecule has 0 saturated carbocycles. The van der Waals surface area contributed by atoms with Gasteiger partial charge in [0.2, 0.25) is 0 Å². The van der Waals surface area contributed by atoms with Crippen molar-refractivity contribution >= 4 is 0 Å². The van der Waals surface area contributed by atoms with Crippen LogP contribution in [0.15, 0.2) is 0 Å². The Hall–Kier alpha value is -0.120. The molecule has 182 valence electrons. The summed E-state index contributed by atoms with van der Waals surface area (Å²) in [7, 11) is 0. The fourth-order valence-electron chi connectivity index (χ4n) is 3.86. The maximum atomic E-state index is 5.86. The molecule has 0 saturated heterocycles. The van der Waals surface area contributed by atoms with Crippen LogP contribution in [0.4, 0.5) is 0 Å². The summed E-state index contributed by atoms with van der Waals surface area (Å²) in [6.45, 7) is 9.22. The van der Waals surface area contributed by atoms with Gasteiger partial charge in [-0.1, -0.05) is 142 Å². The van der Waals surface area contributed by atoms with Crippen molar-refractivity contribution in [1.82, 2.24) is 5.23 Å². The van der Waals surface area contributed by atoms with E-state index in [1.807, 2.05) is 0 Å². The maximum absolute atomic E-state index is 5.86. The third kappa shape index (κ3) is 24.2. The minimum absolute atomic E-state index is 0.800. The van der Waals surface area contributed by atoms with E-state index in [1.54, 1.807) is 5.23 Å². The van der Waals surface area contributed by atoms with E-state index in [4.69, 9.17) is 9.68 Å². The highest BCUT2D eigenvalue weighted by atomic mass is 16.9. The summed E-state index contributed by atoms with van der Waals surface area (Å²) >= 11 is 0. The zero-order chi connectivity index (χ0) is 22.0. The van der Waals surface area contributed by atoms with Crippen LogP contribution < -0.4 is 0 Å². The Labute approximate surface area is 190 Å². The van der Waals surface area contributed by atoms with E-state index in [9.17, 15) is 0 Å². The summed E-state index contributed by atoms with van der Waals surface area (Å²) in [5.41, 5.74) is 0. The van der Waals surface area contributed by atoms with Gasteiger partial charge in [0.25, 0.3) is 0 Å². The number of hydrogen-bond donors (Lipinski definition) is 0. The predicted molar refractivity (Wildman–Crippen MR) is 133 cm³/mol. The highest BCUT2D eigenvalue weighted by molar-refractivity contribution is 4.48. The second kappa shape index (κ2) is 26.9. The molecule has 0 aromatic rings. The molecule has 0 atom stereocenters. The molecule has 0 spiro atoms. The van der Waals surface area contributed by atoms with Gasteiger partial charge in [0, 0.05) is 0 Å². The van der Waals surface area contributed by atoms with E-state index >= 15 is 0 Å². The molecule has 0 aliphatic carbocycles. The van der Waals surface area contributed by atoms with Gasteiger partial charge in [-0.05, 0) is 19.3 Å². The van der Waals surface area contributed by atoms with Crippen LogP contribution in [-0.4, -0.2) is 25.0 Å². The third-order valence-electron chi connectivity index (χ3n) is 5.87. The molecule has 0 heterocycles. The summed E-state index contributed by atoms with van der Waals surface area (Å²) in [6.07, 6.45) is 28.3. The topological polar surface area (TPSA) is 21.7 Å². The van der Waals surface area contributed by atoms with Crippen LogP contribution in [0.25, 0.3) is 0 Å². The molecular formula is C27H57NO2. The number of unbranched alkanes of at least 4 members (excludes halogenated alkanes) is 18. The van der Waals surface area contributed by atoms with Gasteiger partial charge in [-0.25, -0.2) is 0 Å². The molecule has 3 heteroatoms. The van der Waals surface area contributed by atoms with Crippen LogP contribution >= 0.6 is 0 Å². The van der Waals surface area contributed by atoms with Gasteiger partial charge in [-0.3, -0.25) is 9.68 Å². The number of hydroxylamine groups is 2. The molecule has 3 nitrogen and oxygen atoms in total. The van der Waals surface area contributed by atoms with Crippen molar-refractivity contribution in [2.24, 2.45) is 0 Å². The molecule has 0 aliphatic rings. The average molecular weight is 428 g/mol. The molecule has 0 aromatic carbocycles. The highest BCUT2D eigenvalue weighted by Crippen LogP contribution is 2.12. The third-order valence-corrected chi connectivity index (χ3v) is 5.87. The molecule has 0 aliphatic heterocycles. The van der Waals surface area contributed by atoms with Crippen LogP contribution in [0, 0.1) is 0 Å². The van der Waals surface area contributed by atoms with E-state index in [0.717, 1.165) is 39.0 Å². The number of nitrogens with zero attached hydrogens (tertiary/aromatic N) is 1. The Morgan fingerprint density at radius 3 is 0.967 bits per heavy atom. The van der Waals surface area contributed by atoms with Crippen molar-refractivity contribution in [3.63, 3.8) is 0 Å². The first kappa shape index (κ1) is 29.9. The Balaban J connectivity index is 3.40. The first-order valence-electron chi connectivity index (χ1n) is 13.9. The minimum atomic E-state index is 0.800. The van der Waals surface area contributed by atoms with Gasteiger partial charge in [0.15, 0.2) is 0 Å². The van der Waals surface area contributed by atoms with Crippen molar-refractivity contribution < 1.29 is 9.68 Å². The molecule has 0 N–H and O–H groups in total. The maximum Gasteiger partial charge on any atom is 0.0711 e. The van der Waals surface area contributed by atoms with Crippen LogP contribution in [0.1, 0.15) is 156 Å². The molecule has 0 unspecified atom stereocenters. The molecule has 0 radical (unpaired) electrons. The van der Waals surface area contributed by atoms with E-state index < -0.39 is 0 Å². The lowest BCUT2D eigenvalue weighted by atomic mass is 10.1. The van der Waals surface area contributed by atoms with E-state index in [-0.39, 0.29) is 0 Å². The van der Waals surface area contributed by atoms with Gasteiger partial charge < -0.3 is 0 Å². The van der Waals surface area contributed by atoms with Gasteiger partial charge in [-0.15, -0.1) is 0 Å². The normalized spacial score (nSPS) is 11.6. The lowest BCUT2D eigenvalue weighted by Gasteiger charge is -2.20. The lowest BCUT2D eigenvalue weighted by Crippen LogP contribution is -2.26. The Kier molecular flexibility index (Phi) is 26.8. The monoisotopic (exact) mass is 427 g/mol. The highest BCUT2D eigenvalue weighted by Gasteiger charge is 2.05. The SMILES string of the molecule is CCCCCCCCCCCCON(CCC)OCCCCCCCCCCCC. The smallest absolute Gasteiger partial charge is 0.0711 e. The van der Waals surface area contributed by atoms with Crippen molar-refractivity contribution in [1.29, 1.82) is 0 Å². The Bertz CT molecular complexity index is 273. The molecule has 0 rings (SSSR count). The first-order valence-corrected chi connectivity index (χ1v) is 13.9. The van der Waals surface area contributed by atoms with Gasteiger partial charge in [0.05, 0.1) is 19.8 Å². The van der Waals surface area contributed by atoms with Crippen LogP contribution in [-0.2, 0) is 9.68 Å². The summed E-state index contributed by atoms with van der Waals surface area (Å²) in [5, 5.41) is 1.75. The first-order chi connectivity index (χ1) is 14.8. The summed E-state index contributed by atoms with van der Waals surface area (Å²) in [5.74, 6) is 0. The van der Waals surface area contributed by atoms with Crippen molar-refractivity contribution in [2.45, 2.75) is 156 Å². The van der Waals surface area contributed by atoms with Crippen LogP contribution in [0.5, 0.6) is 0 Å². The summed E-state index contributed by atoms with van der Waals surface area (Å²) in [4.78, 5) is 11.7. The lowest BCUT2D eigenvalue weighted by molar-refractivity contribution is -0.368. The number of hydrogen-bond acceptors (Lipinski definition) is 3. The van der Waals surface area contributed by atoms with E-state index in [2.05, 4.69) is 20.8 Å². The number of rotatable bonds is 26. The second-order valence-electron chi connectivity index (χ2n) is 9.09. The minimum Gasteiger partial charge on any atom is -0.274 e. The van der Waals surface area contributed by atoms with Crippen LogP contribution in [0.2, 0.25) is 0 Å². The summed E-state index contributed by atoms with van der Waals surface area (Å²) < 4.78 is 0. The molecule has 0 aromatic heterocycles. The Morgan fingerprint density at radius 2 is 0.667 bits per heavy atom. The van der Waals surface area contributed by atoms with Crippen molar-refractivity contribution in [2.75, 3.05) is 19.8 Å². The summed E-state index contributed by atoms with van der Waals surface area (Å²) in [6, 6.07) is 0. The fourth-order valence-corrected chi connectivity index (χ4v) is 3.86. The van der Waals surface area contributed by atoms with E-state index in [1.165, 1.54) is 116 Å². The molecule has 30 heavy (non-hydrogen) atoms. The molecule has 0 bridgehead atoms. The van der Waals surface area contributed by atoms with Gasteiger partial charge in [-0.2, -0.15) is 0 Å². The zero-order valence-corrected chi connectivity index (χ0v) is 21.2. The largest absolute Gasteiger partial charge is 0.274 e. The zero-order valence-electron chi connectivity index (χ0n) is 21.2. The molecular weight excluding hydrogens is 370 g/mol. The van der Waals surface area contributed by atoms with E-state index in [0.29, 0.717) is 0 Å².